The topological polar surface area (TPSA) is 20.2 Å². The van der Waals surface area contributed by atoms with Crippen molar-refractivity contribution < 1.29 is 9.50 Å². The summed E-state index contributed by atoms with van der Waals surface area (Å²) in [4.78, 5) is 0. The van der Waals surface area contributed by atoms with Gasteiger partial charge in [0.2, 0.25) is 0 Å². The summed E-state index contributed by atoms with van der Waals surface area (Å²) in [5.74, 6) is 0.0616. The molecular formula is C10H9FOS. The summed E-state index contributed by atoms with van der Waals surface area (Å²) in [6.45, 7) is 1.95. The quantitative estimate of drug-likeness (QED) is 0.741. The summed E-state index contributed by atoms with van der Waals surface area (Å²) in [5, 5.41) is 11.6. The summed E-state index contributed by atoms with van der Waals surface area (Å²) >= 11 is 1.34. The van der Waals surface area contributed by atoms with Crippen molar-refractivity contribution in [2.45, 2.75) is 13.3 Å². The number of hydrogen-bond donors (Lipinski definition) is 1. The average Bonchev–Trinajstić information content (AvgIpc) is 2.48. The van der Waals surface area contributed by atoms with E-state index in [1.807, 2.05) is 6.92 Å². The fourth-order valence-corrected chi connectivity index (χ4v) is 2.49. The second-order valence-electron chi connectivity index (χ2n) is 2.88. The Balaban J connectivity index is 2.85. The Hall–Kier alpha value is -1.09. The van der Waals surface area contributed by atoms with Crippen molar-refractivity contribution in [3.63, 3.8) is 0 Å². The third kappa shape index (κ3) is 1.20. The minimum absolute atomic E-state index is 0.199. The zero-order chi connectivity index (χ0) is 9.42. The predicted molar refractivity (Wildman–Crippen MR) is 52.8 cm³/mol. The molecular weight excluding hydrogens is 187 g/mol. The number of thiophene rings is 1. The van der Waals surface area contributed by atoms with Gasteiger partial charge in [0.25, 0.3) is 0 Å². The molecule has 2 rings (SSSR count). The third-order valence-electron chi connectivity index (χ3n) is 2.13. The first-order chi connectivity index (χ1) is 6.24. The van der Waals surface area contributed by atoms with Gasteiger partial charge in [-0.2, -0.15) is 0 Å². The van der Waals surface area contributed by atoms with Gasteiger partial charge in [-0.05, 0) is 18.6 Å². The van der Waals surface area contributed by atoms with E-state index in [1.54, 1.807) is 12.1 Å². The third-order valence-corrected chi connectivity index (χ3v) is 3.15. The van der Waals surface area contributed by atoms with E-state index in [1.165, 1.54) is 16.7 Å². The lowest BCUT2D eigenvalue weighted by Gasteiger charge is -2.01. The van der Waals surface area contributed by atoms with E-state index in [0.717, 1.165) is 16.7 Å². The summed E-state index contributed by atoms with van der Waals surface area (Å²) in [6.07, 6.45) is 0.725. The predicted octanol–water partition coefficient (Wildman–Crippen LogP) is 3.31. The molecule has 13 heavy (non-hydrogen) atoms. The number of phenolic OH excluding ortho intramolecular Hbond substituents is 1. The van der Waals surface area contributed by atoms with Gasteiger partial charge >= 0.3 is 0 Å². The maximum absolute atomic E-state index is 13.1. The average molecular weight is 196 g/mol. The normalized spacial score (nSPS) is 10.9. The number of aryl methyl sites for hydroxylation is 1. The second kappa shape index (κ2) is 3.00. The molecule has 3 heteroatoms. The van der Waals surface area contributed by atoms with Crippen LogP contribution < -0.4 is 0 Å². The first-order valence-electron chi connectivity index (χ1n) is 4.11. The molecule has 0 aliphatic carbocycles. The minimum Gasteiger partial charge on any atom is -0.508 e. The van der Waals surface area contributed by atoms with E-state index >= 15 is 0 Å². The van der Waals surface area contributed by atoms with Gasteiger partial charge in [-0.3, -0.25) is 0 Å². The number of benzene rings is 1. The molecule has 0 aliphatic rings. The van der Waals surface area contributed by atoms with Crippen LogP contribution in [0.4, 0.5) is 4.39 Å². The van der Waals surface area contributed by atoms with Gasteiger partial charge in [0.05, 0.1) is 0 Å². The Kier molecular flexibility index (Phi) is 1.96. The van der Waals surface area contributed by atoms with Crippen LogP contribution >= 0.6 is 11.3 Å². The van der Waals surface area contributed by atoms with Gasteiger partial charge in [-0.1, -0.05) is 6.92 Å². The van der Waals surface area contributed by atoms with Crippen LogP contribution in [0.25, 0.3) is 10.1 Å². The summed E-state index contributed by atoms with van der Waals surface area (Å²) in [7, 11) is 0. The van der Waals surface area contributed by atoms with E-state index in [-0.39, 0.29) is 11.6 Å². The molecule has 1 heterocycles. The number of phenols is 1. The summed E-state index contributed by atoms with van der Waals surface area (Å²) in [6, 6.07) is 3.17. The number of fused-ring (bicyclic) bond motifs is 1. The monoisotopic (exact) mass is 196 g/mol. The van der Waals surface area contributed by atoms with Gasteiger partial charge in [-0.15, -0.1) is 11.3 Å². The van der Waals surface area contributed by atoms with Crippen LogP contribution in [0.15, 0.2) is 17.5 Å². The number of halogens is 1. The molecule has 1 aromatic heterocycles. The molecule has 0 amide bonds. The van der Waals surface area contributed by atoms with Crippen LogP contribution in [0.3, 0.4) is 0 Å². The van der Waals surface area contributed by atoms with Crippen molar-refractivity contribution in [2.24, 2.45) is 0 Å². The first kappa shape index (κ1) is 8.51. The second-order valence-corrected chi connectivity index (χ2v) is 3.76. The maximum Gasteiger partial charge on any atom is 0.141 e. The lowest BCUT2D eigenvalue weighted by atomic mass is 10.1. The van der Waals surface area contributed by atoms with Crippen molar-refractivity contribution in [1.82, 2.24) is 0 Å². The van der Waals surface area contributed by atoms with Crippen molar-refractivity contribution in [3.05, 3.63) is 28.9 Å². The SMILES string of the molecule is CCc1c(O)ccc2c(F)csc12. The van der Waals surface area contributed by atoms with Gasteiger partial charge in [0.1, 0.15) is 11.6 Å². The summed E-state index contributed by atoms with van der Waals surface area (Å²) in [5.41, 5.74) is 0.839. The molecule has 0 unspecified atom stereocenters. The molecule has 1 nitrogen and oxygen atoms in total. The maximum atomic E-state index is 13.1. The van der Waals surface area contributed by atoms with E-state index in [2.05, 4.69) is 0 Å². The number of rotatable bonds is 1. The molecule has 0 radical (unpaired) electrons. The van der Waals surface area contributed by atoms with Crippen LogP contribution in [-0.2, 0) is 6.42 Å². The van der Waals surface area contributed by atoms with Gasteiger partial charge in [0, 0.05) is 21.0 Å². The fraction of sp³-hybridized carbons (Fsp3) is 0.200. The van der Waals surface area contributed by atoms with Crippen LogP contribution in [-0.4, -0.2) is 5.11 Å². The highest BCUT2D eigenvalue weighted by molar-refractivity contribution is 7.17. The molecule has 68 valence electrons. The highest BCUT2D eigenvalue weighted by Gasteiger charge is 2.09. The first-order valence-corrected chi connectivity index (χ1v) is 4.99. The highest BCUT2D eigenvalue weighted by Crippen LogP contribution is 2.33. The number of hydrogen-bond acceptors (Lipinski definition) is 2. The standard InChI is InChI=1S/C10H9FOS/c1-2-6-9(12)4-3-7-8(11)5-13-10(6)7/h3-5,12H,2H2,1H3. The van der Waals surface area contributed by atoms with Crippen molar-refractivity contribution in [2.75, 3.05) is 0 Å². The Morgan fingerprint density at radius 2 is 2.23 bits per heavy atom. The zero-order valence-corrected chi connectivity index (χ0v) is 7.99. The molecule has 0 saturated carbocycles. The molecule has 1 aromatic carbocycles. The Morgan fingerprint density at radius 3 is 2.92 bits per heavy atom. The lowest BCUT2D eigenvalue weighted by Crippen LogP contribution is -1.81. The zero-order valence-electron chi connectivity index (χ0n) is 7.17. The molecule has 0 spiro atoms. The molecule has 2 aromatic rings. The van der Waals surface area contributed by atoms with Crippen LogP contribution in [0, 0.1) is 5.82 Å². The summed E-state index contributed by atoms with van der Waals surface area (Å²) < 4.78 is 14.0. The minimum atomic E-state index is -0.199. The van der Waals surface area contributed by atoms with E-state index in [4.69, 9.17) is 0 Å². The van der Waals surface area contributed by atoms with Crippen LogP contribution in [0.5, 0.6) is 5.75 Å². The smallest absolute Gasteiger partial charge is 0.141 e. The molecule has 0 fully saturated rings. The molecule has 0 aliphatic heterocycles. The Labute approximate surface area is 79.4 Å². The largest absolute Gasteiger partial charge is 0.508 e. The van der Waals surface area contributed by atoms with Crippen molar-refractivity contribution in [3.8, 4) is 5.75 Å². The van der Waals surface area contributed by atoms with Gasteiger partial charge in [0.15, 0.2) is 0 Å². The van der Waals surface area contributed by atoms with Gasteiger partial charge in [-0.25, -0.2) is 4.39 Å². The fourth-order valence-electron chi connectivity index (χ4n) is 1.46. The lowest BCUT2D eigenvalue weighted by molar-refractivity contribution is 0.470. The molecule has 0 atom stereocenters. The molecule has 1 N–H and O–H groups in total. The Bertz CT molecular complexity index is 447. The van der Waals surface area contributed by atoms with E-state index in [9.17, 15) is 9.50 Å². The molecule has 0 saturated heterocycles. The van der Waals surface area contributed by atoms with Crippen LogP contribution in [0.1, 0.15) is 12.5 Å². The Morgan fingerprint density at radius 1 is 1.46 bits per heavy atom. The van der Waals surface area contributed by atoms with Crippen molar-refractivity contribution >= 4 is 21.4 Å². The van der Waals surface area contributed by atoms with Gasteiger partial charge < -0.3 is 5.11 Å². The van der Waals surface area contributed by atoms with Crippen molar-refractivity contribution in [1.29, 1.82) is 0 Å². The highest BCUT2D eigenvalue weighted by atomic mass is 32.1. The van der Waals surface area contributed by atoms with E-state index < -0.39 is 0 Å². The van der Waals surface area contributed by atoms with Crippen LogP contribution in [0.2, 0.25) is 0 Å². The number of aromatic hydroxyl groups is 1. The van der Waals surface area contributed by atoms with E-state index in [0.29, 0.717) is 5.39 Å². The molecule has 0 bridgehead atoms.